The summed E-state index contributed by atoms with van der Waals surface area (Å²) in [6, 6.07) is 8.03. The van der Waals surface area contributed by atoms with E-state index < -0.39 is 12.8 Å². The monoisotopic (exact) mass is 631 g/mol. The first-order valence-corrected chi connectivity index (χ1v) is 19.8. The Labute approximate surface area is 280 Å². The molecule has 1 aromatic rings. The molecular weight excluding hydrogens is 556 g/mol. The van der Waals surface area contributed by atoms with Crippen molar-refractivity contribution in [2.45, 2.75) is 195 Å². The van der Waals surface area contributed by atoms with E-state index >= 15 is 0 Å². The molecule has 2 atom stereocenters. The minimum atomic E-state index is -0.453. The Morgan fingerprint density at radius 2 is 0.667 bits per heavy atom. The van der Waals surface area contributed by atoms with Crippen LogP contribution in [0.25, 0.3) is 0 Å². The van der Waals surface area contributed by atoms with Crippen molar-refractivity contribution in [3.63, 3.8) is 0 Å². The summed E-state index contributed by atoms with van der Waals surface area (Å²) in [5.74, 6) is 1.68. The van der Waals surface area contributed by atoms with Crippen molar-refractivity contribution >= 4 is 0 Å². The zero-order valence-electron chi connectivity index (χ0n) is 30.4. The van der Waals surface area contributed by atoms with Crippen LogP contribution in [-0.2, 0) is 4.74 Å². The lowest BCUT2D eigenvalue weighted by Crippen LogP contribution is -2.50. The zero-order chi connectivity index (χ0) is 32.2. The molecule has 0 aromatic heterocycles. The molecule has 3 rings (SSSR count). The largest absolute Gasteiger partial charge is 0.451 e. The summed E-state index contributed by atoms with van der Waals surface area (Å²) in [6.07, 6.45) is 31.8. The standard InChI is InChI=1S/C40H74N2O3/c1-5-9-11-13-15-17-19-21-23-25-27-29-35-41(7-3)39-43-37-31-33-38(34-32-37)44-40(45-39)42(8-4)36-30-28-26-24-22-20-18-16-14-12-10-6-2/h31-34,39-40H,5-30,35-36H2,1-4H3. The molecular formula is C40H74N2O3. The van der Waals surface area contributed by atoms with Gasteiger partial charge in [-0.25, -0.2) is 9.80 Å². The van der Waals surface area contributed by atoms with Crippen LogP contribution in [0.15, 0.2) is 24.3 Å². The predicted octanol–water partition coefficient (Wildman–Crippen LogP) is 12.1. The Kier molecular flexibility index (Phi) is 24.6. The number of nitrogens with zero attached hydrogens (tertiary/aromatic N) is 2. The third-order valence-corrected chi connectivity index (χ3v) is 9.54. The first-order valence-electron chi connectivity index (χ1n) is 19.8. The van der Waals surface area contributed by atoms with E-state index in [0.29, 0.717) is 0 Å². The molecule has 0 saturated heterocycles. The third kappa shape index (κ3) is 19.2. The first-order chi connectivity index (χ1) is 22.2. The van der Waals surface area contributed by atoms with Crippen LogP contribution >= 0.6 is 0 Å². The minimum absolute atomic E-state index is 0.453. The van der Waals surface area contributed by atoms with Gasteiger partial charge < -0.3 is 9.47 Å². The van der Waals surface area contributed by atoms with Crippen LogP contribution in [0.1, 0.15) is 182 Å². The molecule has 262 valence electrons. The van der Waals surface area contributed by atoms with Crippen LogP contribution in [0.3, 0.4) is 0 Å². The van der Waals surface area contributed by atoms with Gasteiger partial charge in [-0.15, -0.1) is 0 Å². The van der Waals surface area contributed by atoms with Crippen LogP contribution in [0, 0.1) is 0 Å². The fourth-order valence-corrected chi connectivity index (χ4v) is 6.44. The molecule has 0 radical (unpaired) electrons. The van der Waals surface area contributed by atoms with Crippen molar-refractivity contribution in [2.75, 3.05) is 26.2 Å². The highest BCUT2D eigenvalue weighted by Crippen LogP contribution is 2.26. The first kappa shape index (κ1) is 39.9. The second-order valence-corrected chi connectivity index (χ2v) is 13.5. The number of ether oxygens (including phenoxy) is 3. The number of hydrogen-bond acceptors (Lipinski definition) is 5. The molecule has 0 aliphatic carbocycles. The van der Waals surface area contributed by atoms with Gasteiger partial charge in [0.1, 0.15) is 11.5 Å². The number of fused-ring (bicyclic) bond motifs is 6. The Morgan fingerprint density at radius 3 is 0.933 bits per heavy atom. The molecule has 2 aliphatic heterocycles. The second kappa shape index (κ2) is 27.8. The molecule has 2 aliphatic rings. The Hall–Kier alpha value is -1.30. The molecule has 0 fully saturated rings. The number of unbranched alkanes of at least 4 members (excludes halogenated alkanes) is 22. The van der Waals surface area contributed by atoms with Crippen molar-refractivity contribution in [3.05, 3.63) is 24.3 Å². The van der Waals surface area contributed by atoms with Crippen molar-refractivity contribution in [2.24, 2.45) is 0 Å². The molecule has 1 aromatic carbocycles. The quantitative estimate of drug-likeness (QED) is 0.0790. The van der Waals surface area contributed by atoms with Gasteiger partial charge >= 0.3 is 0 Å². The van der Waals surface area contributed by atoms with Gasteiger partial charge in [-0.2, -0.15) is 0 Å². The fourth-order valence-electron chi connectivity index (χ4n) is 6.44. The Balaban J connectivity index is 1.71. The highest BCUT2D eigenvalue weighted by molar-refractivity contribution is 5.31. The van der Waals surface area contributed by atoms with Crippen molar-refractivity contribution < 1.29 is 14.2 Å². The molecule has 0 amide bonds. The smallest absolute Gasteiger partial charge is 0.266 e. The molecule has 2 unspecified atom stereocenters. The number of rotatable bonds is 30. The van der Waals surface area contributed by atoms with Gasteiger partial charge in [0.15, 0.2) is 0 Å². The van der Waals surface area contributed by atoms with Gasteiger partial charge in [-0.3, -0.25) is 4.74 Å². The van der Waals surface area contributed by atoms with E-state index in [1.54, 1.807) is 0 Å². The summed E-state index contributed by atoms with van der Waals surface area (Å²) in [5.41, 5.74) is 0. The molecule has 0 N–H and O–H groups in total. The maximum atomic E-state index is 6.66. The topological polar surface area (TPSA) is 34.2 Å². The van der Waals surface area contributed by atoms with Crippen molar-refractivity contribution in [3.8, 4) is 11.5 Å². The van der Waals surface area contributed by atoms with Crippen LogP contribution in [-0.4, -0.2) is 48.8 Å². The molecule has 5 nitrogen and oxygen atoms in total. The fraction of sp³-hybridized carbons (Fsp3) is 0.850. The van der Waals surface area contributed by atoms with E-state index in [0.717, 1.165) is 37.7 Å². The lowest BCUT2D eigenvalue weighted by Gasteiger charge is -2.36. The van der Waals surface area contributed by atoms with E-state index in [9.17, 15) is 0 Å². The van der Waals surface area contributed by atoms with Gasteiger partial charge in [-0.1, -0.05) is 169 Å². The maximum absolute atomic E-state index is 6.66. The summed E-state index contributed by atoms with van der Waals surface area (Å²) in [5, 5.41) is 0. The molecule has 0 saturated carbocycles. The third-order valence-electron chi connectivity index (χ3n) is 9.54. The Bertz CT molecular complexity index is 710. The summed E-state index contributed by atoms with van der Waals surface area (Å²) < 4.78 is 19.5. The van der Waals surface area contributed by atoms with Gasteiger partial charge in [0.2, 0.25) is 0 Å². The normalized spacial score (nSPS) is 16.5. The van der Waals surface area contributed by atoms with E-state index in [2.05, 4.69) is 37.5 Å². The van der Waals surface area contributed by atoms with Crippen LogP contribution < -0.4 is 9.47 Å². The molecule has 2 heterocycles. The van der Waals surface area contributed by atoms with Crippen molar-refractivity contribution in [1.82, 2.24) is 9.80 Å². The molecule has 0 spiro atoms. The molecule has 5 heteroatoms. The lowest BCUT2D eigenvalue weighted by molar-refractivity contribution is -0.285. The predicted molar refractivity (Wildman–Crippen MR) is 193 cm³/mol. The van der Waals surface area contributed by atoms with Gasteiger partial charge in [0.05, 0.1) is 0 Å². The van der Waals surface area contributed by atoms with E-state index in [1.165, 1.54) is 154 Å². The minimum Gasteiger partial charge on any atom is -0.451 e. The van der Waals surface area contributed by atoms with Crippen LogP contribution in [0.2, 0.25) is 0 Å². The van der Waals surface area contributed by atoms with Gasteiger partial charge in [0.25, 0.3) is 12.8 Å². The summed E-state index contributed by atoms with van der Waals surface area (Å²) in [7, 11) is 0. The average molecular weight is 631 g/mol. The molecule has 45 heavy (non-hydrogen) atoms. The SMILES string of the molecule is CCCCCCCCCCCCCCN(CC)C1Oc2ccc(cc2)OC(N(CC)CCCCCCCCCCCCCC)O1. The summed E-state index contributed by atoms with van der Waals surface area (Å²) in [4.78, 5) is 4.67. The zero-order valence-corrected chi connectivity index (χ0v) is 30.4. The molecule has 2 bridgehead atoms. The van der Waals surface area contributed by atoms with Gasteiger partial charge in [-0.05, 0) is 37.1 Å². The second-order valence-electron chi connectivity index (χ2n) is 13.5. The van der Waals surface area contributed by atoms with Crippen molar-refractivity contribution in [1.29, 1.82) is 0 Å². The summed E-state index contributed by atoms with van der Waals surface area (Å²) >= 11 is 0. The lowest BCUT2D eigenvalue weighted by atomic mass is 10.1. The summed E-state index contributed by atoms with van der Waals surface area (Å²) in [6.45, 7) is 12.7. The Morgan fingerprint density at radius 1 is 0.400 bits per heavy atom. The maximum Gasteiger partial charge on any atom is 0.266 e. The number of hydrogen-bond donors (Lipinski definition) is 0. The van der Waals surface area contributed by atoms with Crippen LogP contribution in [0.5, 0.6) is 11.5 Å². The van der Waals surface area contributed by atoms with E-state index in [-0.39, 0.29) is 0 Å². The number of benzene rings is 1. The average Bonchev–Trinajstić information content (AvgIpc) is 3.20. The van der Waals surface area contributed by atoms with E-state index in [4.69, 9.17) is 14.2 Å². The van der Waals surface area contributed by atoms with Gasteiger partial charge in [0, 0.05) is 26.2 Å². The highest BCUT2D eigenvalue weighted by Gasteiger charge is 2.30. The van der Waals surface area contributed by atoms with Crippen LogP contribution in [0.4, 0.5) is 0 Å². The van der Waals surface area contributed by atoms with E-state index in [1.807, 2.05) is 24.3 Å². The highest BCUT2D eigenvalue weighted by atomic mass is 16.8.